The third kappa shape index (κ3) is 2.10. The fourth-order valence-corrected chi connectivity index (χ4v) is 3.01. The Balaban J connectivity index is 2.19. The van der Waals surface area contributed by atoms with Gasteiger partial charge in [0.05, 0.1) is 17.1 Å². The van der Waals surface area contributed by atoms with Crippen LogP contribution in [0.2, 0.25) is 0 Å². The van der Waals surface area contributed by atoms with Gasteiger partial charge >= 0.3 is 0 Å². The highest BCUT2D eigenvalue weighted by atomic mass is 79.9. The average molecular weight is 330 g/mol. The number of nitrogens with two attached hydrogens (primary N) is 1. The van der Waals surface area contributed by atoms with Crippen molar-refractivity contribution < 1.29 is 0 Å². The minimum Gasteiger partial charge on any atom is -0.369 e. The first kappa shape index (κ1) is 13.2. The van der Waals surface area contributed by atoms with Crippen molar-refractivity contribution in [2.45, 2.75) is 19.9 Å². The Kier molecular flexibility index (Phi) is 3.26. The number of benzene rings is 2. The highest BCUT2D eigenvalue weighted by molar-refractivity contribution is 9.10. The van der Waals surface area contributed by atoms with Gasteiger partial charge in [-0.05, 0) is 43.2 Å². The molecular weight excluding hydrogens is 314 g/mol. The molecule has 0 radical (unpaired) electrons. The molecule has 1 heterocycles. The zero-order valence-corrected chi connectivity index (χ0v) is 13.1. The van der Waals surface area contributed by atoms with Crippen LogP contribution in [0.25, 0.3) is 11.0 Å². The molecule has 0 bridgehead atoms. The maximum absolute atomic E-state index is 6.14. The number of hydrogen-bond donors (Lipinski definition) is 1. The summed E-state index contributed by atoms with van der Waals surface area (Å²) in [7, 11) is 0. The monoisotopic (exact) mass is 329 g/mol. The molecule has 0 aliphatic heterocycles. The van der Waals surface area contributed by atoms with Gasteiger partial charge in [-0.15, -0.1) is 0 Å². The predicted octanol–water partition coefficient (Wildman–Crippen LogP) is 4.30. The summed E-state index contributed by atoms with van der Waals surface area (Å²) in [6.07, 6.45) is 0. The lowest BCUT2D eigenvalue weighted by Crippen LogP contribution is -2.10. The molecule has 1 atom stereocenters. The first-order valence-electron chi connectivity index (χ1n) is 6.56. The highest BCUT2D eigenvalue weighted by Crippen LogP contribution is 2.29. The molecule has 0 spiro atoms. The number of aromatic nitrogens is 2. The Morgan fingerprint density at radius 2 is 1.95 bits per heavy atom. The number of nitrogen functional groups attached to an aromatic ring is 1. The van der Waals surface area contributed by atoms with Gasteiger partial charge in [-0.3, -0.25) is 0 Å². The van der Waals surface area contributed by atoms with Gasteiger partial charge in [-0.1, -0.05) is 40.2 Å². The molecule has 0 saturated carbocycles. The molecule has 4 heteroatoms. The van der Waals surface area contributed by atoms with Crippen LogP contribution in [-0.4, -0.2) is 9.55 Å². The number of rotatable bonds is 2. The van der Waals surface area contributed by atoms with Crippen LogP contribution in [0.15, 0.2) is 46.9 Å². The van der Waals surface area contributed by atoms with Crippen molar-refractivity contribution in [1.29, 1.82) is 0 Å². The largest absolute Gasteiger partial charge is 0.369 e. The molecule has 1 aromatic heterocycles. The summed E-state index contributed by atoms with van der Waals surface area (Å²) in [6.45, 7) is 4.20. The number of hydrogen-bond acceptors (Lipinski definition) is 2. The molecular formula is C16H16BrN3. The number of imidazole rings is 1. The van der Waals surface area contributed by atoms with E-state index in [1.165, 1.54) is 5.56 Å². The number of anilines is 1. The molecule has 102 valence electrons. The minimum atomic E-state index is 0.138. The number of aryl methyl sites for hydroxylation is 1. The number of nitrogens with zero attached hydrogens (tertiary/aromatic N) is 2. The highest BCUT2D eigenvalue weighted by Gasteiger charge is 2.16. The second kappa shape index (κ2) is 4.94. The van der Waals surface area contributed by atoms with Crippen LogP contribution in [0, 0.1) is 6.92 Å². The van der Waals surface area contributed by atoms with E-state index in [-0.39, 0.29) is 6.04 Å². The van der Waals surface area contributed by atoms with E-state index in [9.17, 15) is 0 Å². The SMILES string of the molecule is Cc1cccc2c1nc(N)n2C(C)c1cccc(Br)c1. The summed E-state index contributed by atoms with van der Waals surface area (Å²) in [5.74, 6) is 0.557. The van der Waals surface area contributed by atoms with E-state index in [1.54, 1.807) is 0 Å². The first-order chi connectivity index (χ1) is 9.58. The molecule has 2 aromatic carbocycles. The number of fused-ring (bicyclic) bond motifs is 1. The third-order valence-corrected chi connectivity index (χ3v) is 4.16. The Morgan fingerprint density at radius 1 is 1.20 bits per heavy atom. The molecule has 0 aliphatic carbocycles. The quantitative estimate of drug-likeness (QED) is 0.761. The van der Waals surface area contributed by atoms with Crippen molar-refractivity contribution >= 4 is 32.9 Å². The maximum Gasteiger partial charge on any atom is 0.201 e. The molecule has 0 aliphatic rings. The van der Waals surface area contributed by atoms with Crippen molar-refractivity contribution in [3.63, 3.8) is 0 Å². The van der Waals surface area contributed by atoms with Gasteiger partial charge in [0.2, 0.25) is 5.95 Å². The molecule has 1 unspecified atom stereocenters. The molecule has 0 fully saturated rings. The van der Waals surface area contributed by atoms with Gasteiger partial charge < -0.3 is 10.3 Å². The Morgan fingerprint density at radius 3 is 2.70 bits per heavy atom. The summed E-state index contributed by atoms with van der Waals surface area (Å²) in [4.78, 5) is 4.51. The van der Waals surface area contributed by atoms with Crippen LogP contribution in [0.5, 0.6) is 0 Å². The van der Waals surface area contributed by atoms with Crippen molar-refractivity contribution in [2.24, 2.45) is 0 Å². The molecule has 20 heavy (non-hydrogen) atoms. The van der Waals surface area contributed by atoms with Gasteiger partial charge in [0.25, 0.3) is 0 Å². The van der Waals surface area contributed by atoms with E-state index in [2.05, 4.69) is 63.6 Å². The van der Waals surface area contributed by atoms with Gasteiger partial charge in [0, 0.05) is 4.47 Å². The van der Waals surface area contributed by atoms with Gasteiger partial charge in [-0.2, -0.15) is 0 Å². The predicted molar refractivity (Wildman–Crippen MR) is 86.8 cm³/mol. The van der Waals surface area contributed by atoms with Gasteiger partial charge in [0.15, 0.2) is 0 Å². The smallest absolute Gasteiger partial charge is 0.201 e. The van der Waals surface area contributed by atoms with Crippen molar-refractivity contribution in [1.82, 2.24) is 9.55 Å². The molecule has 3 aromatic rings. The summed E-state index contributed by atoms with van der Waals surface area (Å²) in [6, 6.07) is 14.6. The zero-order valence-electron chi connectivity index (χ0n) is 11.5. The van der Waals surface area contributed by atoms with Crippen molar-refractivity contribution in [2.75, 3.05) is 5.73 Å². The zero-order chi connectivity index (χ0) is 14.3. The Bertz CT molecular complexity index is 776. The van der Waals surface area contributed by atoms with Crippen LogP contribution in [0.1, 0.15) is 24.1 Å². The second-order valence-electron chi connectivity index (χ2n) is 5.01. The molecule has 3 rings (SSSR count). The topological polar surface area (TPSA) is 43.8 Å². The van der Waals surface area contributed by atoms with Crippen molar-refractivity contribution in [3.05, 3.63) is 58.1 Å². The fraction of sp³-hybridized carbons (Fsp3) is 0.188. The molecule has 0 saturated heterocycles. The van der Waals surface area contributed by atoms with E-state index in [1.807, 2.05) is 18.2 Å². The Hall–Kier alpha value is -1.81. The summed E-state index contributed by atoms with van der Waals surface area (Å²) >= 11 is 3.52. The van der Waals surface area contributed by atoms with Crippen molar-refractivity contribution in [3.8, 4) is 0 Å². The first-order valence-corrected chi connectivity index (χ1v) is 7.35. The van der Waals surface area contributed by atoms with Crippen LogP contribution >= 0.6 is 15.9 Å². The summed E-state index contributed by atoms with van der Waals surface area (Å²) < 4.78 is 3.16. The lowest BCUT2D eigenvalue weighted by Gasteiger charge is -2.17. The maximum atomic E-state index is 6.14. The van der Waals surface area contributed by atoms with Crippen LogP contribution in [0.4, 0.5) is 5.95 Å². The lowest BCUT2D eigenvalue weighted by atomic mass is 10.1. The fourth-order valence-electron chi connectivity index (χ4n) is 2.60. The van der Waals surface area contributed by atoms with Crippen LogP contribution < -0.4 is 5.73 Å². The van der Waals surface area contributed by atoms with Gasteiger partial charge in [0.1, 0.15) is 0 Å². The summed E-state index contributed by atoms with van der Waals surface area (Å²) in [5.41, 5.74) is 10.5. The standard InChI is InChI=1S/C16H16BrN3/c1-10-5-3-8-14-15(10)19-16(18)20(14)11(2)12-6-4-7-13(17)9-12/h3-9,11H,1-2H3,(H2,18,19). The van der Waals surface area contributed by atoms with Gasteiger partial charge in [-0.25, -0.2) is 4.98 Å². The Labute approximate surface area is 126 Å². The molecule has 3 nitrogen and oxygen atoms in total. The van der Waals surface area contributed by atoms with E-state index in [4.69, 9.17) is 5.73 Å². The second-order valence-corrected chi connectivity index (χ2v) is 5.93. The molecule has 2 N–H and O–H groups in total. The third-order valence-electron chi connectivity index (χ3n) is 3.67. The number of para-hydroxylation sites is 1. The molecule has 0 amide bonds. The van der Waals surface area contributed by atoms with Crippen LogP contribution in [0.3, 0.4) is 0 Å². The summed E-state index contributed by atoms with van der Waals surface area (Å²) in [5, 5.41) is 0. The lowest BCUT2D eigenvalue weighted by molar-refractivity contribution is 0.667. The van der Waals surface area contributed by atoms with E-state index in [0.29, 0.717) is 5.95 Å². The van der Waals surface area contributed by atoms with Crippen LogP contribution in [-0.2, 0) is 0 Å². The average Bonchev–Trinajstić information content (AvgIpc) is 2.76. The number of halogens is 1. The van der Waals surface area contributed by atoms with E-state index < -0.39 is 0 Å². The van der Waals surface area contributed by atoms with E-state index in [0.717, 1.165) is 21.1 Å². The minimum absolute atomic E-state index is 0.138. The van der Waals surface area contributed by atoms with E-state index >= 15 is 0 Å². The normalized spacial score (nSPS) is 12.8.